The highest BCUT2D eigenvalue weighted by molar-refractivity contribution is 7.99. The van der Waals surface area contributed by atoms with Crippen molar-refractivity contribution >= 4 is 23.4 Å². The molecule has 0 bridgehead atoms. The summed E-state index contributed by atoms with van der Waals surface area (Å²) in [6.45, 7) is 0.234. The van der Waals surface area contributed by atoms with Crippen molar-refractivity contribution in [2.45, 2.75) is 16.5 Å². The lowest BCUT2D eigenvalue weighted by atomic mass is 10.3. The zero-order valence-electron chi connectivity index (χ0n) is 15.6. The summed E-state index contributed by atoms with van der Waals surface area (Å²) in [5, 5.41) is 7.27. The molecule has 0 saturated heterocycles. The lowest BCUT2D eigenvalue weighted by Crippen LogP contribution is -2.14. The molecular formula is C23H19N3O2S. The van der Waals surface area contributed by atoms with Gasteiger partial charge in [0.15, 0.2) is 12.4 Å². The van der Waals surface area contributed by atoms with Gasteiger partial charge in [0, 0.05) is 16.0 Å². The van der Waals surface area contributed by atoms with Gasteiger partial charge in [-0.3, -0.25) is 4.79 Å². The Morgan fingerprint density at radius 2 is 1.59 bits per heavy atom. The molecule has 1 N–H and O–H groups in total. The number of rotatable bonds is 7. The van der Waals surface area contributed by atoms with E-state index >= 15 is 0 Å². The number of carbonyl (C=O) groups is 1. The van der Waals surface area contributed by atoms with Crippen molar-refractivity contribution in [1.29, 1.82) is 0 Å². The molecule has 0 spiro atoms. The van der Waals surface area contributed by atoms with Crippen LogP contribution in [0.15, 0.2) is 107 Å². The van der Waals surface area contributed by atoms with Crippen LogP contribution in [0.5, 0.6) is 5.75 Å². The molecule has 4 aromatic rings. The first-order valence-corrected chi connectivity index (χ1v) is 9.94. The average Bonchev–Trinajstić information content (AvgIpc) is 3.24. The zero-order chi connectivity index (χ0) is 19.9. The smallest absolute Gasteiger partial charge is 0.276 e. The van der Waals surface area contributed by atoms with Gasteiger partial charge in [-0.2, -0.15) is 5.10 Å². The van der Waals surface area contributed by atoms with Crippen LogP contribution >= 0.6 is 11.8 Å². The summed E-state index contributed by atoms with van der Waals surface area (Å²) in [6.07, 6.45) is 1.72. The fourth-order valence-corrected chi connectivity index (χ4v) is 3.60. The van der Waals surface area contributed by atoms with E-state index < -0.39 is 0 Å². The van der Waals surface area contributed by atoms with E-state index in [0.29, 0.717) is 5.69 Å². The standard InChI is InChI=1S/C23H19N3O2S/c27-23(21-15-16-26(25-21)17-28-18-9-3-1-4-10-18)24-20-13-7-8-14-22(20)29-19-11-5-2-6-12-19/h1-16H,17H2,(H,24,27). The Labute approximate surface area is 173 Å². The Bertz CT molecular complexity index is 1080. The number of nitrogens with zero attached hydrogens (tertiary/aromatic N) is 2. The van der Waals surface area contributed by atoms with Gasteiger partial charge >= 0.3 is 0 Å². The third kappa shape index (κ3) is 5.06. The van der Waals surface area contributed by atoms with Gasteiger partial charge in [-0.25, -0.2) is 4.68 Å². The van der Waals surface area contributed by atoms with Gasteiger partial charge in [-0.1, -0.05) is 60.3 Å². The molecule has 0 saturated carbocycles. The molecule has 0 atom stereocenters. The second kappa shape index (κ2) is 9.12. The fourth-order valence-electron chi connectivity index (χ4n) is 2.67. The summed E-state index contributed by atoms with van der Waals surface area (Å²) >= 11 is 1.60. The minimum atomic E-state index is -0.260. The minimum absolute atomic E-state index is 0.234. The van der Waals surface area contributed by atoms with Crippen LogP contribution < -0.4 is 10.1 Å². The van der Waals surface area contributed by atoms with Crippen molar-refractivity contribution in [3.8, 4) is 5.75 Å². The molecule has 5 nitrogen and oxygen atoms in total. The molecule has 0 radical (unpaired) electrons. The number of aromatic nitrogens is 2. The van der Waals surface area contributed by atoms with Crippen molar-refractivity contribution in [3.63, 3.8) is 0 Å². The van der Waals surface area contributed by atoms with E-state index in [9.17, 15) is 4.79 Å². The predicted molar refractivity (Wildman–Crippen MR) is 114 cm³/mol. The molecule has 0 aliphatic heterocycles. The molecule has 4 rings (SSSR count). The number of amides is 1. The second-order valence-electron chi connectivity index (χ2n) is 6.19. The summed E-state index contributed by atoms with van der Waals surface area (Å²) in [4.78, 5) is 14.7. The van der Waals surface area contributed by atoms with Gasteiger partial charge in [0.2, 0.25) is 0 Å². The lowest BCUT2D eigenvalue weighted by molar-refractivity contribution is 0.102. The summed E-state index contributed by atoms with van der Waals surface area (Å²) < 4.78 is 7.24. The summed E-state index contributed by atoms with van der Waals surface area (Å²) in [5.41, 5.74) is 1.09. The maximum atomic E-state index is 12.7. The third-order valence-corrected chi connectivity index (χ3v) is 5.17. The number of hydrogen-bond acceptors (Lipinski definition) is 4. The van der Waals surface area contributed by atoms with Gasteiger partial charge in [-0.15, -0.1) is 0 Å². The van der Waals surface area contributed by atoms with E-state index in [1.807, 2.05) is 84.9 Å². The molecule has 0 aliphatic carbocycles. The van der Waals surface area contributed by atoms with E-state index in [-0.39, 0.29) is 12.6 Å². The molecule has 144 valence electrons. The third-order valence-electron chi connectivity index (χ3n) is 4.09. The van der Waals surface area contributed by atoms with E-state index in [1.165, 1.54) is 0 Å². The first kappa shape index (κ1) is 18.8. The van der Waals surface area contributed by atoms with Crippen molar-refractivity contribution < 1.29 is 9.53 Å². The average molecular weight is 401 g/mol. The zero-order valence-corrected chi connectivity index (χ0v) is 16.4. The molecule has 0 unspecified atom stereocenters. The van der Waals surface area contributed by atoms with Crippen molar-refractivity contribution in [1.82, 2.24) is 9.78 Å². The van der Waals surface area contributed by atoms with Crippen LogP contribution in [0, 0.1) is 0 Å². The first-order valence-electron chi connectivity index (χ1n) is 9.12. The topological polar surface area (TPSA) is 56.2 Å². The number of hydrogen-bond donors (Lipinski definition) is 1. The van der Waals surface area contributed by atoms with Gasteiger partial charge < -0.3 is 10.1 Å². The Balaban J connectivity index is 1.42. The lowest BCUT2D eigenvalue weighted by Gasteiger charge is -2.10. The second-order valence-corrected chi connectivity index (χ2v) is 7.31. The first-order chi connectivity index (χ1) is 14.3. The minimum Gasteiger partial charge on any atom is -0.471 e. The van der Waals surface area contributed by atoms with Crippen molar-refractivity contribution in [2.75, 3.05) is 5.32 Å². The number of anilines is 1. The van der Waals surface area contributed by atoms with Crippen LogP contribution in [0.2, 0.25) is 0 Å². The quantitative estimate of drug-likeness (QED) is 0.455. The molecule has 0 fully saturated rings. The van der Waals surface area contributed by atoms with E-state index in [4.69, 9.17) is 4.74 Å². The Morgan fingerprint density at radius 1 is 0.897 bits per heavy atom. The van der Waals surface area contributed by atoms with Crippen molar-refractivity contribution in [3.05, 3.63) is 103 Å². The van der Waals surface area contributed by atoms with Crippen LogP contribution in [0.4, 0.5) is 5.69 Å². The maximum Gasteiger partial charge on any atom is 0.276 e. The molecule has 3 aromatic carbocycles. The highest BCUT2D eigenvalue weighted by Crippen LogP contribution is 2.33. The monoisotopic (exact) mass is 401 g/mol. The highest BCUT2D eigenvalue weighted by Gasteiger charge is 2.13. The van der Waals surface area contributed by atoms with E-state index in [1.54, 1.807) is 28.7 Å². The van der Waals surface area contributed by atoms with Gasteiger partial charge in [-0.05, 0) is 42.5 Å². The van der Waals surface area contributed by atoms with Crippen LogP contribution in [0.25, 0.3) is 0 Å². The van der Waals surface area contributed by atoms with Crippen LogP contribution in [-0.2, 0) is 6.73 Å². The number of ether oxygens (including phenoxy) is 1. The number of para-hydroxylation sites is 2. The normalized spacial score (nSPS) is 10.5. The largest absolute Gasteiger partial charge is 0.471 e. The molecule has 1 aromatic heterocycles. The highest BCUT2D eigenvalue weighted by atomic mass is 32.2. The maximum absolute atomic E-state index is 12.7. The molecular weight excluding hydrogens is 382 g/mol. The van der Waals surface area contributed by atoms with Crippen molar-refractivity contribution in [2.24, 2.45) is 0 Å². The van der Waals surface area contributed by atoms with Crippen LogP contribution in [-0.4, -0.2) is 15.7 Å². The summed E-state index contributed by atoms with van der Waals surface area (Å²) in [5.74, 6) is 0.491. The molecule has 1 heterocycles. The Kier molecular flexibility index (Phi) is 5.92. The number of nitrogens with one attached hydrogen (secondary N) is 1. The fraction of sp³-hybridized carbons (Fsp3) is 0.0435. The molecule has 6 heteroatoms. The Morgan fingerprint density at radius 3 is 2.38 bits per heavy atom. The van der Waals surface area contributed by atoms with Gasteiger partial charge in [0.05, 0.1) is 5.69 Å². The molecule has 29 heavy (non-hydrogen) atoms. The summed E-state index contributed by atoms with van der Waals surface area (Å²) in [6, 6.07) is 28.9. The number of carbonyl (C=O) groups excluding carboxylic acids is 1. The van der Waals surface area contributed by atoms with Gasteiger partial charge in [0.1, 0.15) is 5.75 Å². The Hall–Kier alpha value is -3.51. The van der Waals surface area contributed by atoms with E-state index in [0.717, 1.165) is 21.2 Å². The SMILES string of the molecule is O=C(Nc1ccccc1Sc1ccccc1)c1ccn(COc2ccccc2)n1. The molecule has 1 amide bonds. The molecule has 0 aliphatic rings. The van der Waals surface area contributed by atoms with Gasteiger partial charge in [0.25, 0.3) is 5.91 Å². The summed E-state index contributed by atoms with van der Waals surface area (Å²) in [7, 11) is 0. The van der Waals surface area contributed by atoms with Crippen LogP contribution in [0.3, 0.4) is 0 Å². The van der Waals surface area contributed by atoms with Crippen LogP contribution in [0.1, 0.15) is 10.5 Å². The number of benzene rings is 3. The predicted octanol–water partition coefficient (Wildman–Crippen LogP) is 5.32. The van der Waals surface area contributed by atoms with E-state index in [2.05, 4.69) is 10.4 Å².